The monoisotopic (exact) mass is 163 g/mol. The van der Waals surface area contributed by atoms with E-state index < -0.39 is 0 Å². The predicted molar refractivity (Wildman–Crippen MR) is 46.3 cm³/mol. The van der Waals surface area contributed by atoms with Gasteiger partial charge in [0.15, 0.2) is 0 Å². The molecule has 1 heterocycles. The number of nitrogen functional groups attached to an aromatic ring is 2. The van der Waals surface area contributed by atoms with Gasteiger partial charge >= 0.3 is 0 Å². The highest BCUT2D eigenvalue weighted by molar-refractivity contribution is 5.99. The number of nitrogens with one attached hydrogen (secondary N) is 2. The minimum atomic E-state index is -0.0781. The second kappa shape index (κ2) is 3.00. The second-order valence-electron chi connectivity index (χ2n) is 2.29. The number of rotatable bonds is 2. The van der Waals surface area contributed by atoms with Gasteiger partial charge < -0.3 is 11.5 Å². The lowest BCUT2D eigenvalue weighted by Gasteiger charge is -2.00. The fourth-order valence-electron chi connectivity index (χ4n) is 0.735. The second-order valence-corrected chi connectivity index (χ2v) is 2.29. The molecule has 0 spiro atoms. The summed E-state index contributed by atoms with van der Waals surface area (Å²) in [6, 6.07) is 1.55. The zero-order chi connectivity index (χ0) is 9.14. The number of nitrogens with zero attached hydrogens (tertiary/aromatic N) is 1. The molecule has 1 aromatic heterocycles. The van der Waals surface area contributed by atoms with Gasteiger partial charge in [0.2, 0.25) is 0 Å². The van der Waals surface area contributed by atoms with E-state index in [1.165, 1.54) is 12.4 Å². The van der Waals surface area contributed by atoms with E-state index in [0.717, 1.165) is 0 Å². The van der Waals surface area contributed by atoms with Crippen LogP contribution in [0.25, 0.3) is 0 Å². The molecule has 62 valence electrons. The molecule has 0 aromatic carbocycles. The van der Waals surface area contributed by atoms with Gasteiger partial charge in [-0.1, -0.05) is 0 Å². The maximum Gasteiger partial charge on any atom is 0.124 e. The van der Waals surface area contributed by atoms with Gasteiger partial charge in [-0.3, -0.25) is 15.8 Å². The first kappa shape index (κ1) is 8.19. The standard InChI is InChI=1S/C7H9N5/c8-6(9)4-1-5(7(10)11)3-12-2-4/h1-3H,(H3,8,9)(H3,10,11). The molecule has 0 aliphatic rings. The molecule has 0 radical (unpaired) electrons. The van der Waals surface area contributed by atoms with Crippen LogP contribution in [-0.4, -0.2) is 16.7 Å². The van der Waals surface area contributed by atoms with Crippen molar-refractivity contribution >= 4 is 11.7 Å². The number of aromatic nitrogens is 1. The fraction of sp³-hybridized carbons (Fsp3) is 0. The van der Waals surface area contributed by atoms with Crippen LogP contribution in [0.3, 0.4) is 0 Å². The third kappa shape index (κ3) is 1.57. The summed E-state index contributed by atoms with van der Waals surface area (Å²) in [4.78, 5) is 3.79. The van der Waals surface area contributed by atoms with Crippen LogP contribution in [0.5, 0.6) is 0 Å². The van der Waals surface area contributed by atoms with Gasteiger partial charge in [0.05, 0.1) is 0 Å². The summed E-state index contributed by atoms with van der Waals surface area (Å²) in [5, 5.41) is 14.2. The number of amidine groups is 2. The van der Waals surface area contributed by atoms with Crippen molar-refractivity contribution in [3.63, 3.8) is 0 Å². The number of pyridine rings is 1. The molecule has 0 amide bonds. The molecule has 0 aliphatic heterocycles. The Morgan fingerprint density at radius 3 is 1.83 bits per heavy atom. The lowest BCUT2D eigenvalue weighted by Crippen LogP contribution is -2.15. The van der Waals surface area contributed by atoms with Crippen molar-refractivity contribution in [2.45, 2.75) is 0 Å². The zero-order valence-corrected chi connectivity index (χ0v) is 6.33. The molecule has 0 fully saturated rings. The van der Waals surface area contributed by atoms with Crippen molar-refractivity contribution in [3.05, 3.63) is 29.6 Å². The molecule has 0 saturated heterocycles. The van der Waals surface area contributed by atoms with E-state index in [4.69, 9.17) is 22.3 Å². The Balaban J connectivity index is 3.12. The van der Waals surface area contributed by atoms with Crippen molar-refractivity contribution in [1.29, 1.82) is 10.8 Å². The van der Waals surface area contributed by atoms with Crippen molar-refractivity contribution in [3.8, 4) is 0 Å². The first-order valence-corrected chi connectivity index (χ1v) is 3.25. The van der Waals surface area contributed by atoms with Gasteiger partial charge in [0.25, 0.3) is 0 Å². The maximum atomic E-state index is 7.10. The number of nitrogens with two attached hydrogens (primary N) is 2. The lowest BCUT2D eigenvalue weighted by atomic mass is 10.2. The summed E-state index contributed by atoms with van der Waals surface area (Å²) in [7, 11) is 0. The predicted octanol–water partition coefficient (Wildman–Crippen LogP) is -0.350. The van der Waals surface area contributed by atoms with Gasteiger partial charge in [0, 0.05) is 23.5 Å². The van der Waals surface area contributed by atoms with E-state index in [1.54, 1.807) is 6.07 Å². The Morgan fingerprint density at radius 2 is 1.50 bits per heavy atom. The molecule has 0 atom stereocenters. The van der Waals surface area contributed by atoms with E-state index in [1.807, 2.05) is 0 Å². The summed E-state index contributed by atoms with van der Waals surface area (Å²) in [5.41, 5.74) is 11.4. The lowest BCUT2D eigenvalue weighted by molar-refractivity contribution is 1.27. The van der Waals surface area contributed by atoms with Crippen LogP contribution in [0.15, 0.2) is 18.5 Å². The molecule has 0 unspecified atom stereocenters. The van der Waals surface area contributed by atoms with Gasteiger partial charge in [-0.2, -0.15) is 0 Å². The molecule has 0 aliphatic carbocycles. The van der Waals surface area contributed by atoms with Crippen molar-refractivity contribution in [2.24, 2.45) is 11.5 Å². The Morgan fingerprint density at radius 1 is 1.08 bits per heavy atom. The summed E-state index contributed by atoms with van der Waals surface area (Å²) in [6.07, 6.45) is 2.91. The Kier molecular flexibility index (Phi) is 2.05. The van der Waals surface area contributed by atoms with Crippen LogP contribution < -0.4 is 11.5 Å². The molecular formula is C7H9N5. The van der Waals surface area contributed by atoms with E-state index >= 15 is 0 Å². The average Bonchev–Trinajstić information content (AvgIpc) is 2.04. The largest absolute Gasteiger partial charge is 0.384 e. The highest BCUT2D eigenvalue weighted by Gasteiger charge is 2.00. The Bertz CT molecular complexity index is 301. The minimum Gasteiger partial charge on any atom is -0.384 e. The number of hydrogen-bond acceptors (Lipinski definition) is 3. The van der Waals surface area contributed by atoms with E-state index in [-0.39, 0.29) is 11.7 Å². The van der Waals surface area contributed by atoms with Crippen LogP contribution in [0.4, 0.5) is 0 Å². The summed E-state index contributed by atoms with van der Waals surface area (Å²) < 4.78 is 0. The van der Waals surface area contributed by atoms with Crippen molar-refractivity contribution in [2.75, 3.05) is 0 Å². The molecule has 1 aromatic rings. The first-order chi connectivity index (χ1) is 5.61. The normalized spacial score (nSPS) is 9.33. The average molecular weight is 163 g/mol. The molecule has 12 heavy (non-hydrogen) atoms. The minimum absolute atomic E-state index is 0.0781. The first-order valence-electron chi connectivity index (χ1n) is 3.25. The Hall–Kier alpha value is -1.91. The molecule has 5 nitrogen and oxygen atoms in total. The van der Waals surface area contributed by atoms with Crippen LogP contribution in [0.1, 0.15) is 11.1 Å². The summed E-state index contributed by atoms with van der Waals surface area (Å²) in [5.74, 6) is -0.156. The quantitative estimate of drug-likeness (QED) is 0.353. The highest BCUT2D eigenvalue weighted by atomic mass is 14.7. The van der Waals surface area contributed by atoms with E-state index in [0.29, 0.717) is 11.1 Å². The van der Waals surface area contributed by atoms with E-state index in [9.17, 15) is 0 Å². The van der Waals surface area contributed by atoms with Crippen LogP contribution in [0, 0.1) is 10.8 Å². The molecule has 1 rings (SSSR count). The van der Waals surface area contributed by atoms with Gasteiger partial charge in [-0.25, -0.2) is 0 Å². The maximum absolute atomic E-state index is 7.10. The summed E-state index contributed by atoms with van der Waals surface area (Å²) in [6.45, 7) is 0. The SMILES string of the molecule is N=C(N)c1cncc(C(=N)N)c1. The van der Waals surface area contributed by atoms with Gasteiger partial charge in [-0.15, -0.1) is 0 Å². The van der Waals surface area contributed by atoms with Crippen LogP contribution in [-0.2, 0) is 0 Å². The van der Waals surface area contributed by atoms with Crippen LogP contribution >= 0.6 is 0 Å². The Labute approximate surface area is 69.4 Å². The molecule has 0 saturated carbocycles. The number of hydrogen-bond donors (Lipinski definition) is 4. The molecule has 6 N–H and O–H groups in total. The zero-order valence-electron chi connectivity index (χ0n) is 6.33. The van der Waals surface area contributed by atoms with Crippen molar-refractivity contribution < 1.29 is 0 Å². The molecule has 0 bridgehead atoms. The van der Waals surface area contributed by atoms with Gasteiger partial charge in [-0.05, 0) is 6.07 Å². The molecule has 5 heteroatoms. The topological polar surface area (TPSA) is 113 Å². The third-order valence-corrected chi connectivity index (χ3v) is 1.36. The smallest absolute Gasteiger partial charge is 0.124 e. The fourth-order valence-corrected chi connectivity index (χ4v) is 0.735. The highest BCUT2D eigenvalue weighted by Crippen LogP contribution is 2.00. The van der Waals surface area contributed by atoms with Gasteiger partial charge in [0.1, 0.15) is 11.7 Å². The van der Waals surface area contributed by atoms with Crippen LogP contribution in [0.2, 0.25) is 0 Å². The third-order valence-electron chi connectivity index (χ3n) is 1.36. The van der Waals surface area contributed by atoms with E-state index in [2.05, 4.69) is 4.98 Å². The molecular weight excluding hydrogens is 154 g/mol. The summed E-state index contributed by atoms with van der Waals surface area (Å²) >= 11 is 0. The van der Waals surface area contributed by atoms with Crippen molar-refractivity contribution in [1.82, 2.24) is 4.98 Å².